The Morgan fingerprint density at radius 1 is 0.886 bits per heavy atom. The second-order valence-electron chi connectivity index (χ2n) is 8.17. The number of anilines is 2. The van der Waals surface area contributed by atoms with E-state index in [0.717, 1.165) is 16.7 Å². The number of sulfonamides is 1. The van der Waals surface area contributed by atoms with Gasteiger partial charge in [0.15, 0.2) is 6.10 Å². The molecule has 1 unspecified atom stereocenters. The number of carbonyl (C=O) groups is 2. The molecular formula is C26H28N2O6S. The number of ether oxygens (including phenoxy) is 2. The molecule has 3 aromatic carbocycles. The highest BCUT2D eigenvalue weighted by Crippen LogP contribution is 2.25. The molecule has 0 aromatic heterocycles. The van der Waals surface area contributed by atoms with E-state index in [1.807, 2.05) is 26.8 Å². The molecule has 0 bridgehead atoms. The third-order valence-corrected chi connectivity index (χ3v) is 6.81. The molecule has 0 heterocycles. The summed E-state index contributed by atoms with van der Waals surface area (Å²) in [5.74, 6) is -0.742. The smallest absolute Gasteiger partial charge is 0.338 e. The van der Waals surface area contributed by atoms with Crippen LogP contribution in [0.2, 0.25) is 0 Å². The van der Waals surface area contributed by atoms with Crippen molar-refractivity contribution in [1.82, 2.24) is 0 Å². The van der Waals surface area contributed by atoms with Crippen LogP contribution in [0.1, 0.15) is 34.0 Å². The molecule has 0 aliphatic rings. The number of rotatable bonds is 8. The van der Waals surface area contributed by atoms with Gasteiger partial charge in [0.25, 0.3) is 15.9 Å². The Morgan fingerprint density at radius 2 is 1.57 bits per heavy atom. The zero-order valence-corrected chi connectivity index (χ0v) is 21.0. The van der Waals surface area contributed by atoms with Gasteiger partial charge in [-0.25, -0.2) is 13.2 Å². The largest absolute Gasteiger partial charge is 0.495 e. The number of aryl methyl sites for hydroxylation is 3. The number of hydrogen-bond acceptors (Lipinski definition) is 6. The van der Waals surface area contributed by atoms with Crippen LogP contribution in [0.25, 0.3) is 0 Å². The van der Waals surface area contributed by atoms with Crippen LogP contribution in [0.3, 0.4) is 0 Å². The van der Waals surface area contributed by atoms with Gasteiger partial charge in [-0.15, -0.1) is 0 Å². The number of methoxy groups -OCH3 is 1. The molecule has 0 aliphatic heterocycles. The summed E-state index contributed by atoms with van der Waals surface area (Å²) in [6.07, 6.45) is -1.07. The Hall–Kier alpha value is -3.85. The van der Waals surface area contributed by atoms with Gasteiger partial charge in [-0.3, -0.25) is 9.52 Å². The Labute approximate surface area is 205 Å². The molecule has 1 atom stereocenters. The minimum Gasteiger partial charge on any atom is -0.495 e. The molecule has 1 amide bonds. The van der Waals surface area contributed by atoms with Crippen LogP contribution >= 0.6 is 0 Å². The van der Waals surface area contributed by atoms with E-state index in [2.05, 4.69) is 10.0 Å². The highest BCUT2D eigenvalue weighted by Gasteiger charge is 2.21. The number of nitrogens with one attached hydrogen (secondary N) is 2. The van der Waals surface area contributed by atoms with Crippen molar-refractivity contribution in [2.45, 2.75) is 38.7 Å². The first kappa shape index (κ1) is 25.8. The topological polar surface area (TPSA) is 111 Å². The molecule has 0 radical (unpaired) electrons. The van der Waals surface area contributed by atoms with Gasteiger partial charge in [0, 0.05) is 5.69 Å². The fourth-order valence-electron chi connectivity index (χ4n) is 3.21. The normalized spacial score (nSPS) is 11.9. The van der Waals surface area contributed by atoms with Crippen molar-refractivity contribution in [1.29, 1.82) is 0 Å². The Balaban J connectivity index is 1.64. The highest BCUT2D eigenvalue weighted by atomic mass is 32.2. The summed E-state index contributed by atoms with van der Waals surface area (Å²) in [6.45, 7) is 7.08. The zero-order valence-electron chi connectivity index (χ0n) is 20.2. The Morgan fingerprint density at radius 3 is 2.20 bits per heavy atom. The number of amides is 1. The summed E-state index contributed by atoms with van der Waals surface area (Å²) in [6, 6.07) is 16.0. The molecular weight excluding hydrogens is 468 g/mol. The Bertz CT molecular complexity index is 1350. The van der Waals surface area contributed by atoms with Crippen LogP contribution in [0.5, 0.6) is 5.75 Å². The van der Waals surface area contributed by atoms with Gasteiger partial charge in [-0.2, -0.15) is 0 Å². The van der Waals surface area contributed by atoms with Gasteiger partial charge < -0.3 is 14.8 Å². The summed E-state index contributed by atoms with van der Waals surface area (Å²) in [7, 11) is -2.29. The quantitative estimate of drug-likeness (QED) is 0.441. The number of benzene rings is 3. The summed E-state index contributed by atoms with van der Waals surface area (Å²) in [4.78, 5) is 25.2. The van der Waals surface area contributed by atoms with Gasteiger partial charge >= 0.3 is 5.97 Å². The molecule has 0 saturated carbocycles. The third-order valence-electron chi connectivity index (χ3n) is 5.43. The first-order valence-corrected chi connectivity index (χ1v) is 12.3. The lowest BCUT2D eigenvalue weighted by Gasteiger charge is -2.16. The SMILES string of the molecule is COc1ccc(C)cc1NC(=O)C(C)OC(=O)c1ccc(NS(=O)(=O)c2ccc(C)c(C)c2)cc1. The lowest BCUT2D eigenvalue weighted by atomic mass is 10.1. The molecule has 0 fully saturated rings. The van der Waals surface area contributed by atoms with Crippen molar-refractivity contribution in [3.8, 4) is 5.75 Å². The molecule has 2 N–H and O–H groups in total. The molecule has 3 aromatic rings. The molecule has 35 heavy (non-hydrogen) atoms. The van der Waals surface area contributed by atoms with Crippen molar-refractivity contribution < 1.29 is 27.5 Å². The summed E-state index contributed by atoms with van der Waals surface area (Å²) in [5, 5.41) is 2.70. The maximum absolute atomic E-state index is 12.7. The monoisotopic (exact) mass is 496 g/mol. The van der Waals surface area contributed by atoms with Crippen molar-refractivity contribution in [2.24, 2.45) is 0 Å². The molecule has 9 heteroatoms. The summed E-state index contributed by atoms with van der Waals surface area (Å²) >= 11 is 0. The maximum atomic E-state index is 12.7. The van der Waals surface area contributed by atoms with E-state index in [-0.39, 0.29) is 16.1 Å². The van der Waals surface area contributed by atoms with Crippen molar-refractivity contribution in [3.05, 3.63) is 82.9 Å². The van der Waals surface area contributed by atoms with E-state index < -0.39 is 28.0 Å². The predicted octanol–water partition coefficient (Wildman–Crippen LogP) is 4.61. The van der Waals surface area contributed by atoms with Gasteiger partial charge in [-0.05, 0) is 92.9 Å². The van der Waals surface area contributed by atoms with Crippen molar-refractivity contribution in [3.63, 3.8) is 0 Å². The lowest BCUT2D eigenvalue weighted by Crippen LogP contribution is -2.30. The lowest BCUT2D eigenvalue weighted by molar-refractivity contribution is -0.123. The minimum atomic E-state index is -3.78. The molecule has 0 aliphatic carbocycles. The number of hydrogen-bond donors (Lipinski definition) is 2. The van der Waals surface area contributed by atoms with Gasteiger partial charge in [0.2, 0.25) is 0 Å². The average Bonchev–Trinajstić information content (AvgIpc) is 2.81. The first-order chi connectivity index (χ1) is 16.5. The molecule has 0 spiro atoms. The zero-order chi connectivity index (χ0) is 25.8. The van der Waals surface area contributed by atoms with E-state index >= 15 is 0 Å². The standard InChI is InChI=1S/C26H28N2O6S/c1-16-6-13-24(33-5)23(14-16)27-25(29)19(4)34-26(30)20-8-10-21(11-9-20)28-35(31,32)22-12-7-17(2)18(3)15-22/h6-15,19,28H,1-5H3,(H,27,29). The third kappa shape index (κ3) is 6.39. The molecule has 184 valence electrons. The van der Waals surface area contributed by atoms with Crippen LogP contribution in [-0.4, -0.2) is 33.5 Å². The molecule has 8 nitrogen and oxygen atoms in total. The van der Waals surface area contributed by atoms with Crippen LogP contribution in [-0.2, 0) is 19.6 Å². The highest BCUT2D eigenvalue weighted by molar-refractivity contribution is 7.92. The molecule has 0 saturated heterocycles. The van der Waals surface area contributed by atoms with Crippen LogP contribution in [0.15, 0.2) is 65.6 Å². The van der Waals surface area contributed by atoms with Crippen molar-refractivity contribution in [2.75, 3.05) is 17.1 Å². The van der Waals surface area contributed by atoms with Crippen LogP contribution in [0.4, 0.5) is 11.4 Å². The van der Waals surface area contributed by atoms with E-state index in [1.165, 1.54) is 44.4 Å². The predicted molar refractivity (Wildman–Crippen MR) is 134 cm³/mol. The van der Waals surface area contributed by atoms with Gasteiger partial charge in [0.1, 0.15) is 5.75 Å². The van der Waals surface area contributed by atoms with E-state index in [0.29, 0.717) is 11.4 Å². The fraction of sp³-hybridized carbons (Fsp3) is 0.231. The van der Waals surface area contributed by atoms with Crippen molar-refractivity contribution >= 4 is 33.3 Å². The van der Waals surface area contributed by atoms with Gasteiger partial charge in [0.05, 0.1) is 23.3 Å². The first-order valence-electron chi connectivity index (χ1n) is 10.9. The van der Waals surface area contributed by atoms with Gasteiger partial charge in [-0.1, -0.05) is 12.1 Å². The minimum absolute atomic E-state index is 0.147. The maximum Gasteiger partial charge on any atom is 0.338 e. The number of carbonyl (C=O) groups excluding carboxylic acids is 2. The Kier molecular flexibility index (Phi) is 7.81. The fourth-order valence-corrected chi connectivity index (χ4v) is 4.35. The van der Waals surface area contributed by atoms with Crippen LogP contribution < -0.4 is 14.8 Å². The second-order valence-corrected chi connectivity index (χ2v) is 9.85. The van der Waals surface area contributed by atoms with E-state index in [1.54, 1.807) is 24.3 Å². The van der Waals surface area contributed by atoms with E-state index in [4.69, 9.17) is 9.47 Å². The average molecular weight is 497 g/mol. The second kappa shape index (κ2) is 10.6. The summed E-state index contributed by atoms with van der Waals surface area (Å²) in [5.41, 5.74) is 3.72. The van der Waals surface area contributed by atoms with E-state index in [9.17, 15) is 18.0 Å². The van der Waals surface area contributed by atoms with Crippen LogP contribution in [0, 0.1) is 20.8 Å². The number of esters is 1. The summed E-state index contributed by atoms with van der Waals surface area (Å²) < 4.78 is 38.3. The molecule has 3 rings (SSSR count).